The van der Waals surface area contributed by atoms with Gasteiger partial charge in [-0.15, -0.1) is 0 Å². The van der Waals surface area contributed by atoms with Gasteiger partial charge in [-0.1, -0.05) is 108 Å². The Morgan fingerprint density at radius 3 is 2.30 bits per heavy atom. The second kappa shape index (κ2) is 15.3. The van der Waals surface area contributed by atoms with Gasteiger partial charge in [-0.3, -0.25) is 34.4 Å². The first-order valence-corrected chi connectivity index (χ1v) is 21.6. The number of nitrogens with one attached hydrogen (secondary N) is 1. The number of nitrogens with zero attached hydrogens (tertiary/aromatic N) is 3. The number of benzene rings is 5. The van der Waals surface area contributed by atoms with Gasteiger partial charge >= 0.3 is 0 Å². The van der Waals surface area contributed by atoms with Crippen LogP contribution in [0.15, 0.2) is 121 Å². The zero-order chi connectivity index (χ0) is 42.2. The molecule has 5 aliphatic rings. The number of anilines is 1. The van der Waals surface area contributed by atoms with Gasteiger partial charge in [0.25, 0.3) is 11.8 Å². The van der Waals surface area contributed by atoms with Crippen molar-refractivity contribution in [2.75, 3.05) is 25.6 Å². The summed E-state index contributed by atoms with van der Waals surface area (Å²) < 4.78 is 5.54. The average molecular weight is 856 g/mol. The Balaban J connectivity index is 1.10. The van der Waals surface area contributed by atoms with Crippen LogP contribution in [0.1, 0.15) is 48.3 Å². The van der Waals surface area contributed by atoms with Gasteiger partial charge in [-0.05, 0) is 89.9 Å². The van der Waals surface area contributed by atoms with Crippen molar-refractivity contribution in [1.82, 2.24) is 14.8 Å². The van der Waals surface area contributed by atoms with Gasteiger partial charge in [0, 0.05) is 42.2 Å². The maximum Gasteiger partial charge on any atom is 0.260 e. The van der Waals surface area contributed by atoms with Crippen molar-refractivity contribution in [2.45, 2.75) is 49.6 Å². The predicted octanol–water partition coefficient (Wildman–Crippen LogP) is 8.51. The van der Waals surface area contributed by atoms with Crippen molar-refractivity contribution in [3.63, 3.8) is 0 Å². The van der Waals surface area contributed by atoms with Crippen LogP contribution in [0.2, 0.25) is 10.0 Å². The lowest BCUT2D eigenvalue weighted by Crippen LogP contribution is -2.53. The third kappa shape index (κ3) is 6.24. The number of imide groups is 2. The van der Waals surface area contributed by atoms with Crippen molar-refractivity contribution in [2.24, 2.45) is 23.7 Å². The van der Waals surface area contributed by atoms with Crippen LogP contribution in [0.3, 0.4) is 0 Å². The highest BCUT2D eigenvalue weighted by Gasteiger charge is 2.71. The lowest BCUT2D eigenvalue weighted by atomic mass is 9.48. The van der Waals surface area contributed by atoms with Gasteiger partial charge < -0.3 is 9.84 Å². The molecule has 10 rings (SSSR count). The molecule has 2 aliphatic carbocycles. The first-order chi connectivity index (χ1) is 29.6. The molecule has 4 fully saturated rings. The fourth-order valence-electron chi connectivity index (χ4n) is 11.3. The number of likely N-dealkylation sites (tertiary alicyclic amines) is 2. The minimum Gasteiger partial charge on any atom is -0.508 e. The molecule has 6 atom stereocenters. The van der Waals surface area contributed by atoms with Crippen LogP contribution in [0, 0.1) is 23.7 Å². The van der Waals surface area contributed by atoms with E-state index in [4.69, 9.17) is 27.9 Å². The molecule has 61 heavy (non-hydrogen) atoms. The number of hydrazine groups is 1. The summed E-state index contributed by atoms with van der Waals surface area (Å²) in [5.41, 5.74) is 4.78. The van der Waals surface area contributed by atoms with Gasteiger partial charge in [0.15, 0.2) is 0 Å². The number of phenols is 1. The normalized spacial score (nSPS) is 26.6. The van der Waals surface area contributed by atoms with E-state index in [0.29, 0.717) is 52.2 Å². The Morgan fingerprint density at radius 2 is 1.56 bits per heavy atom. The van der Waals surface area contributed by atoms with E-state index in [2.05, 4.69) is 22.5 Å². The van der Waals surface area contributed by atoms with Crippen LogP contribution in [0.4, 0.5) is 5.69 Å². The molecule has 10 nitrogen and oxygen atoms in total. The highest BCUT2D eigenvalue weighted by molar-refractivity contribution is 6.36. The molecule has 4 amide bonds. The number of rotatable bonds is 8. The van der Waals surface area contributed by atoms with E-state index in [1.165, 1.54) is 11.6 Å². The quantitative estimate of drug-likeness (QED) is 0.118. The van der Waals surface area contributed by atoms with Gasteiger partial charge in [0.05, 0.1) is 41.0 Å². The molecule has 2 N–H and O–H groups in total. The molecule has 0 unspecified atom stereocenters. The van der Waals surface area contributed by atoms with Gasteiger partial charge in [0.1, 0.15) is 11.5 Å². The fourth-order valence-corrected chi connectivity index (χ4v) is 11.8. The molecule has 5 aromatic carbocycles. The number of hydrogen-bond acceptors (Lipinski definition) is 8. The molecular weight excluding hydrogens is 811 g/mol. The third-order valence-electron chi connectivity index (χ3n) is 14.0. The van der Waals surface area contributed by atoms with Gasteiger partial charge in [-0.25, -0.2) is 0 Å². The number of ether oxygens (including phenoxy) is 1. The summed E-state index contributed by atoms with van der Waals surface area (Å²) in [5.74, 6) is -4.75. The summed E-state index contributed by atoms with van der Waals surface area (Å²) in [4.78, 5) is 64.5. The van der Waals surface area contributed by atoms with E-state index in [9.17, 15) is 9.90 Å². The van der Waals surface area contributed by atoms with Crippen molar-refractivity contribution >= 4 is 63.3 Å². The molecule has 5 aromatic rings. The molecule has 0 radical (unpaired) electrons. The maximum atomic E-state index is 15.8. The topological polar surface area (TPSA) is 119 Å². The van der Waals surface area contributed by atoms with E-state index >= 15 is 14.4 Å². The van der Waals surface area contributed by atoms with E-state index in [-0.39, 0.29) is 35.0 Å². The number of amides is 4. The number of allylic oxidation sites excluding steroid dienone is 2. The van der Waals surface area contributed by atoms with Gasteiger partial charge in [0.2, 0.25) is 11.8 Å². The first-order valence-electron chi connectivity index (χ1n) is 20.9. The summed E-state index contributed by atoms with van der Waals surface area (Å²) in [6.07, 6.45) is 3.79. The number of carbonyl (C=O) groups excluding carboxylic acids is 4. The molecule has 3 saturated heterocycles. The van der Waals surface area contributed by atoms with Crippen molar-refractivity contribution < 1.29 is 29.0 Å². The number of halogens is 2. The van der Waals surface area contributed by atoms with Gasteiger partial charge in [-0.2, -0.15) is 5.01 Å². The van der Waals surface area contributed by atoms with Crippen LogP contribution in [0.5, 0.6) is 11.5 Å². The summed E-state index contributed by atoms with van der Waals surface area (Å²) >= 11 is 12.9. The zero-order valence-electron chi connectivity index (χ0n) is 33.5. The van der Waals surface area contributed by atoms with Crippen LogP contribution in [-0.4, -0.2) is 69.8 Å². The number of carbonyl (C=O) groups is 4. The Bertz CT molecular complexity index is 2630. The Labute approximate surface area is 363 Å². The smallest absolute Gasteiger partial charge is 0.260 e. The lowest BCUT2D eigenvalue weighted by Gasteiger charge is -2.51. The van der Waals surface area contributed by atoms with Crippen LogP contribution >= 0.6 is 23.2 Å². The van der Waals surface area contributed by atoms with Crippen LogP contribution < -0.4 is 10.2 Å². The summed E-state index contributed by atoms with van der Waals surface area (Å²) in [5, 5.41) is 15.3. The highest BCUT2D eigenvalue weighted by Crippen LogP contribution is 2.65. The van der Waals surface area contributed by atoms with Crippen molar-refractivity contribution in [3.05, 3.63) is 148 Å². The minimum absolute atomic E-state index is 0.0378. The molecule has 1 saturated carbocycles. The standard InChI is InChI=1S/C49H44Cl2N4O6/c1-61-33-15-12-30(13-16-33)49-38(46(58)55(48(49)60)52-40-19-14-31(50)25-39(40)51)26-37-35(44(49)43-34-10-6-5-9-29(34)11-20-41(43)56)17-18-36-42(37)47(59)54(45(36)57)32-21-23-53(24-22-32)27-28-7-3-2-4-8-28/h2-17,19-20,25,32,36-38,42,44,52,56H,18,21-24,26-27H2,1H3/t36-,37+,38-,42-,44+,49+/m0/s1. The molecule has 0 bridgehead atoms. The number of methoxy groups -OCH3 is 1. The number of phenolic OH excluding ortho intramolecular Hbond substituents is 1. The van der Waals surface area contributed by atoms with Crippen LogP contribution in [-0.2, 0) is 31.1 Å². The first kappa shape index (κ1) is 39.5. The van der Waals surface area contributed by atoms with Crippen LogP contribution in [0.25, 0.3) is 10.8 Å². The molecule has 12 heteroatoms. The predicted molar refractivity (Wildman–Crippen MR) is 233 cm³/mol. The third-order valence-corrected chi connectivity index (χ3v) is 14.6. The molecule has 0 spiro atoms. The Morgan fingerprint density at radius 1 is 0.820 bits per heavy atom. The minimum atomic E-state index is -1.61. The molecule has 310 valence electrons. The zero-order valence-corrected chi connectivity index (χ0v) is 35.0. The largest absolute Gasteiger partial charge is 0.508 e. The van der Waals surface area contributed by atoms with E-state index in [1.807, 2.05) is 66.7 Å². The number of aromatic hydroxyl groups is 1. The summed E-state index contributed by atoms with van der Waals surface area (Å²) in [6, 6.07) is 33.1. The Kier molecular flexibility index (Phi) is 9.93. The number of piperidine rings is 1. The second-order valence-corrected chi connectivity index (χ2v) is 17.8. The van der Waals surface area contributed by atoms with E-state index in [1.54, 1.807) is 42.3 Å². The maximum absolute atomic E-state index is 15.8. The Hall–Kier alpha value is -5.68. The molecular formula is C49H44Cl2N4O6. The SMILES string of the molecule is COc1ccc([C@@]23C(=O)N(Nc4ccc(Cl)cc4Cl)C(=O)[C@@H]2C[C@@H]2C(=CC[C@@H]4C(=O)N(C5CCN(Cc6ccccc6)CC5)C(=O)[C@@H]42)[C@@H]3c2c(O)ccc3ccccc23)cc1. The van der Waals surface area contributed by atoms with Crippen molar-refractivity contribution in [1.29, 1.82) is 0 Å². The fraction of sp³-hybridized carbons (Fsp3) is 0.306. The number of fused-ring (bicyclic) bond motifs is 5. The second-order valence-electron chi connectivity index (χ2n) is 17.0. The summed E-state index contributed by atoms with van der Waals surface area (Å²) in [7, 11) is 1.56. The summed E-state index contributed by atoms with van der Waals surface area (Å²) in [6.45, 7) is 2.31. The monoisotopic (exact) mass is 854 g/mol. The molecule has 3 heterocycles. The van der Waals surface area contributed by atoms with E-state index in [0.717, 1.165) is 35.6 Å². The molecule has 3 aliphatic heterocycles. The van der Waals surface area contributed by atoms with Crippen molar-refractivity contribution in [3.8, 4) is 11.5 Å². The lowest BCUT2D eigenvalue weighted by molar-refractivity contribution is -0.144. The molecule has 0 aromatic heterocycles. The van der Waals surface area contributed by atoms with E-state index < -0.39 is 46.8 Å². The number of hydrogen-bond donors (Lipinski definition) is 2. The average Bonchev–Trinajstić information content (AvgIpc) is 3.66. The highest BCUT2D eigenvalue weighted by atomic mass is 35.5.